The summed E-state index contributed by atoms with van der Waals surface area (Å²) < 4.78 is 16.9. The summed E-state index contributed by atoms with van der Waals surface area (Å²) in [6, 6.07) is 27.2. The van der Waals surface area contributed by atoms with Crippen LogP contribution in [0, 0.1) is 0 Å². The number of benzene rings is 4. The molecule has 0 aliphatic heterocycles. The molecule has 0 saturated carbocycles. The van der Waals surface area contributed by atoms with Crippen molar-refractivity contribution >= 4 is 5.97 Å². The van der Waals surface area contributed by atoms with Crippen LogP contribution in [0.15, 0.2) is 91.0 Å². The van der Waals surface area contributed by atoms with E-state index in [4.69, 9.17) is 19.3 Å². The lowest BCUT2D eigenvalue weighted by Crippen LogP contribution is -2.00. The van der Waals surface area contributed by atoms with Crippen LogP contribution >= 0.6 is 0 Å². The minimum absolute atomic E-state index is 0.199. The Morgan fingerprint density at radius 2 is 1.42 bits per heavy atom. The van der Waals surface area contributed by atoms with Crippen molar-refractivity contribution in [1.29, 1.82) is 0 Å². The van der Waals surface area contributed by atoms with E-state index in [-0.39, 0.29) is 17.9 Å². The number of carboxylic acids is 1. The Hall–Kier alpha value is -4.45. The van der Waals surface area contributed by atoms with Gasteiger partial charge in [-0.05, 0) is 77.4 Å². The van der Waals surface area contributed by atoms with Gasteiger partial charge in [0.2, 0.25) is 0 Å². The Morgan fingerprint density at radius 3 is 2.15 bits per heavy atom. The van der Waals surface area contributed by atoms with Crippen molar-refractivity contribution < 1.29 is 29.2 Å². The number of hydrogen-bond donors (Lipinski definition) is 2. The minimum atomic E-state index is -1.21. The van der Waals surface area contributed by atoms with Crippen LogP contribution in [-0.2, 0) is 6.61 Å². The first-order chi connectivity index (χ1) is 16.0. The molecule has 0 aliphatic carbocycles. The van der Waals surface area contributed by atoms with Crippen molar-refractivity contribution in [3.8, 4) is 39.9 Å². The number of methoxy groups -OCH3 is 1. The molecule has 0 spiro atoms. The molecule has 0 aliphatic rings. The van der Waals surface area contributed by atoms with Crippen LogP contribution in [0.3, 0.4) is 0 Å². The number of hydrogen-bond acceptors (Lipinski definition) is 5. The van der Waals surface area contributed by atoms with Gasteiger partial charge in [0.1, 0.15) is 40.9 Å². The molecule has 2 N–H and O–H groups in total. The Labute approximate surface area is 191 Å². The molecule has 4 aromatic rings. The molecule has 0 saturated heterocycles. The Kier molecular flexibility index (Phi) is 6.45. The van der Waals surface area contributed by atoms with Crippen molar-refractivity contribution in [1.82, 2.24) is 0 Å². The van der Waals surface area contributed by atoms with E-state index in [0.29, 0.717) is 17.2 Å². The zero-order valence-corrected chi connectivity index (χ0v) is 17.9. The van der Waals surface area contributed by atoms with Gasteiger partial charge in [-0.25, -0.2) is 4.79 Å². The zero-order chi connectivity index (χ0) is 23.2. The average molecular weight is 442 g/mol. The normalized spacial score (nSPS) is 10.5. The third kappa shape index (κ3) is 5.43. The topological polar surface area (TPSA) is 85.2 Å². The molecule has 0 radical (unpaired) electrons. The molecule has 6 heteroatoms. The summed E-state index contributed by atoms with van der Waals surface area (Å²) in [4.78, 5) is 11.2. The maximum Gasteiger partial charge on any atom is 0.339 e. The Bertz CT molecular complexity index is 1260. The molecule has 0 heterocycles. The number of carboxylic acid groups (broad SMARTS) is 1. The third-order valence-electron chi connectivity index (χ3n) is 4.99. The van der Waals surface area contributed by atoms with Crippen LogP contribution < -0.4 is 14.2 Å². The highest BCUT2D eigenvalue weighted by Gasteiger charge is 2.11. The van der Waals surface area contributed by atoms with Gasteiger partial charge < -0.3 is 24.4 Å². The average Bonchev–Trinajstić information content (AvgIpc) is 2.84. The number of aromatic hydroxyl groups is 1. The monoisotopic (exact) mass is 442 g/mol. The van der Waals surface area contributed by atoms with Gasteiger partial charge in [-0.15, -0.1) is 0 Å². The van der Waals surface area contributed by atoms with Crippen molar-refractivity contribution in [2.75, 3.05) is 7.11 Å². The van der Waals surface area contributed by atoms with Crippen LogP contribution in [0.25, 0.3) is 11.1 Å². The summed E-state index contributed by atoms with van der Waals surface area (Å²) in [6.07, 6.45) is 0. The van der Waals surface area contributed by atoms with Gasteiger partial charge in [-0.3, -0.25) is 0 Å². The van der Waals surface area contributed by atoms with E-state index in [2.05, 4.69) is 0 Å². The summed E-state index contributed by atoms with van der Waals surface area (Å²) >= 11 is 0. The van der Waals surface area contributed by atoms with Gasteiger partial charge in [0, 0.05) is 0 Å². The lowest BCUT2D eigenvalue weighted by atomic mass is 10.0. The van der Waals surface area contributed by atoms with E-state index < -0.39 is 5.97 Å². The number of carbonyl (C=O) groups is 1. The first-order valence-corrected chi connectivity index (χ1v) is 10.2. The van der Waals surface area contributed by atoms with E-state index in [9.17, 15) is 9.90 Å². The van der Waals surface area contributed by atoms with Gasteiger partial charge in [0.15, 0.2) is 0 Å². The molecule has 166 valence electrons. The van der Waals surface area contributed by atoms with Crippen molar-refractivity contribution in [3.63, 3.8) is 0 Å². The second-order valence-corrected chi connectivity index (χ2v) is 7.28. The predicted molar refractivity (Wildman–Crippen MR) is 124 cm³/mol. The first kappa shape index (κ1) is 21.8. The second kappa shape index (κ2) is 9.78. The Morgan fingerprint density at radius 1 is 0.758 bits per heavy atom. The molecule has 0 atom stereocenters. The maximum absolute atomic E-state index is 11.2. The summed E-state index contributed by atoms with van der Waals surface area (Å²) in [5.41, 5.74) is 2.70. The van der Waals surface area contributed by atoms with Crippen molar-refractivity contribution in [2.24, 2.45) is 0 Å². The Balaban J connectivity index is 1.48. The molecular formula is C27H22O6. The first-order valence-electron chi connectivity index (χ1n) is 10.2. The van der Waals surface area contributed by atoms with E-state index in [0.717, 1.165) is 22.4 Å². The highest BCUT2D eigenvalue weighted by atomic mass is 16.5. The molecule has 0 fully saturated rings. The van der Waals surface area contributed by atoms with Crippen LogP contribution in [0.1, 0.15) is 15.9 Å². The van der Waals surface area contributed by atoms with Gasteiger partial charge in [0.25, 0.3) is 0 Å². The minimum Gasteiger partial charge on any atom is -0.507 e. The van der Waals surface area contributed by atoms with Crippen molar-refractivity contribution in [2.45, 2.75) is 6.61 Å². The van der Waals surface area contributed by atoms with E-state index in [1.54, 1.807) is 7.11 Å². The fraction of sp³-hybridized carbons (Fsp3) is 0.0741. The standard InChI is InChI=1S/C27H22O6/c1-31-21-8-10-22(11-9-21)33-24-7-3-6-20(15-24)19-5-2-4-18(14-19)17-32-23-12-13-26(28)25(16-23)27(29)30/h2-16,28H,17H2,1H3,(H,29,30). The quantitative estimate of drug-likeness (QED) is 0.341. The van der Waals surface area contributed by atoms with Crippen molar-refractivity contribution in [3.05, 3.63) is 102 Å². The number of rotatable bonds is 8. The second-order valence-electron chi connectivity index (χ2n) is 7.28. The van der Waals surface area contributed by atoms with E-state index in [1.807, 2.05) is 72.8 Å². The molecule has 0 unspecified atom stereocenters. The molecule has 6 nitrogen and oxygen atoms in total. The molecule has 33 heavy (non-hydrogen) atoms. The lowest BCUT2D eigenvalue weighted by Gasteiger charge is -2.11. The largest absolute Gasteiger partial charge is 0.507 e. The van der Waals surface area contributed by atoms with Gasteiger partial charge in [0.05, 0.1) is 7.11 Å². The van der Waals surface area contributed by atoms with Crippen LogP contribution in [0.5, 0.6) is 28.7 Å². The zero-order valence-electron chi connectivity index (χ0n) is 17.9. The molecule has 4 aromatic carbocycles. The summed E-state index contributed by atoms with van der Waals surface area (Å²) in [5.74, 6) is 1.05. The molecular weight excluding hydrogens is 420 g/mol. The lowest BCUT2D eigenvalue weighted by molar-refractivity contribution is 0.0693. The maximum atomic E-state index is 11.2. The summed E-state index contributed by atoms with van der Waals surface area (Å²) in [7, 11) is 1.62. The summed E-state index contributed by atoms with van der Waals surface area (Å²) in [6.45, 7) is 0.250. The number of phenols is 1. The van der Waals surface area contributed by atoms with Gasteiger partial charge >= 0.3 is 5.97 Å². The third-order valence-corrected chi connectivity index (χ3v) is 4.99. The molecule has 4 rings (SSSR count). The van der Waals surface area contributed by atoms with Crippen LogP contribution in [0.4, 0.5) is 0 Å². The fourth-order valence-electron chi connectivity index (χ4n) is 3.30. The predicted octanol–water partition coefficient (Wildman–Crippen LogP) is 6.14. The highest BCUT2D eigenvalue weighted by molar-refractivity contribution is 5.91. The number of aromatic carboxylic acids is 1. The molecule has 0 amide bonds. The van der Waals surface area contributed by atoms with E-state index in [1.165, 1.54) is 18.2 Å². The summed E-state index contributed by atoms with van der Waals surface area (Å²) in [5, 5.41) is 18.8. The van der Waals surface area contributed by atoms with Gasteiger partial charge in [-0.1, -0.05) is 30.3 Å². The molecule has 0 aromatic heterocycles. The smallest absolute Gasteiger partial charge is 0.339 e. The molecule has 0 bridgehead atoms. The highest BCUT2D eigenvalue weighted by Crippen LogP contribution is 2.29. The SMILES string of the molecule is COc1ccc(Oc2cccc(-c3cccc(COc4ccc(O)c(C(=O)O)c4)c3)c2)cc1. The fourth-order valence-corrected chi connectivity index (χ4v) is 3.30. The van der Waals surface area contributed by atoms with E-state index >= 15 is 0 Å². The van der Waals surface area contributed by atoms with Gasteiger partial charge in [-0.2, -0.15) is 0 Å². The number of ether oxygens (including phenoxy) is 3. The van der Waals surface area contributed by atoms with Crippen LogP contribution in [0.2, 0.25) is 0 Å². The van der Waals surface area contributed by atoms with Crippen LogP contribution in [-0.4, -0.2) is 23.3 Å².